The normalized spacial score (nSPS) is 17.6. The van der Waals surface area contributed by atoms with Crippen molar-refractivity contribution in [2.24, 2.45) is 0 Å². The Bertz CT molecular complexity index is 1000. The largest absolute Gasteiger partial charge is 0.464 e. The number of piperidine rings is 1. The molecular weight excluding hydrogens is 330 g/mol. The van der Waals surface area contributed by atoms with Crippen LogP contribution in [0, 0.1) is 0 Å². The Kier molecular flexibility index (Phi) is 4.32. The number of likely N-dealkylation sites (tertiary alicyclic amines) is 1. The molecule has 0 aliphatic carbocycles. The number of nitrogens with one attached hydrogen (secondary N) is 1. The molecule has 1 unspecified atom stereocenters. The van der Waals surface area contributed by atoms with Crippen LogP contribution in [0.2, 0.25) is 0 Å². The van der Waals surface area contributed by atoms with E-state index in [0.29, 0.717) is 17.4 Å². The van der Waals surface area contributed by atoms with E-state index < -0.39 is 0 Å². The smallest absolute Gasteiger partial charge is 0.259 e. The molecule has 4 rings (SSSR count). The Hall–Kier alpha value is -2.89. The number of nitrogens with zero attached hydrogens (tertiary/aromatic N) is 2. The number of aryl methyl sites for hydroxylation is 1. The molecule has 6 nitrogen and oxygen atoms in total. The van der Waals surface area contributed by atoms with Crippen LogP contribution in [0.5, 0.6) is 0 Å². The van der Waals surface area contributed by atoms with E-state index in [1.807, 2.05) is 19.1 Å². The van der Waals surface area contributed by atoms with Gasteiger partial charge in [-0.25, -0.2) is 0 Å². The molecule has 3 aromatic rings. The van der Waals surface area contributed by atoms with Crippen molar-refractivity contribution in [3.05, 3.63) is 64.1 Å². The zero-order chi connectivity index (χ0) is 18.1. The fraction of sp³-hybridized carbons (Fsp3) is 0.350. The van der Waals surface area contributed by atoms with Crippen LogP contribution in [0.1, 0.15) is 54.1 Å². The lowest BCUT2D eigenvalue weighted by molar-refractivity contribution is 0.0577. The lowest BCUT2D eigenvalue weighted by Gasteiger charge is -2.34. The van der Waals surface area contributed by atoms with Gasteiger partial charge in [0.05, 0.1) is 16.9 Å². The average Bonchev–Trinajstić information content (AvgIpc) is 3.17. The van der Waals surface area contributed by atoms with Gasteiger partial charge in [0.25, 0.3) is 5.91 Å². The van der Waals surface area contributed by atoms with Crippen molar-refractivity contribution in [2.45, 2.75) is 38.6 Å². The highest BCUT2D eigenvalue weighted by Crippen LogP contribution is 2.33. The molecule has 1 saturated heterocycles. The van der Waals surface area contributed by atoms with E-state index >= 15 is 0 Å². The lowest BCUT2D eigenvalue weighted by atomic mass is 9.99. The molecule has 26 heavy (non-hydrogen) atoms. The molecule has 3 aromatic heterocycles. The van der Waals surface area contributed by atoms with Gasteiger partial charge in [-0.1, -0.05) is 6.92 Å². The predicted molar refractivity (Wildman–Crippen MR) is 98.1 cm³/mol. The molecular formula is C20H21N3O3. The molecule has 1 fully saturated rings. The number of hydrogen-bond donors (Lipinski definition) is 1. The topological polar surface area (TPSA) is 79.2 Å². The summed E-state index contributed by atoms with van der Waals surface area (Å²) in [5, 5.41) is 0.429. The third kappa shape index (κ3) is 2.81. The first-order valence-corrected chi connectivity index (χ1v) is 9.04. The first-order valence-electron chi connectivity index (χ1n) is 9.04. The third-order valence-corrected chi connectivity index (χ3v) is 5.04. The van der Waals surface area contributed by atoms with Crippen molar-refractivity contribution in [3.8, 4) is 0 Å². The van der Waals surface area contributed by atoms with E-state index in [9.17, 15) is 9.59 Å². The van der Waals surface area contributed by atoms with Gasteiger partial charge in [0, 0.05) is 31.6 Å². The minimum atomic E-state index is -0.283. The second-order valence-corrected chi connectivity index (χ2v) is 6.62. The third-order valence-electron chi connectivity index (χ3n) is 5.04. The first-order chi connectivity index (χ1) is 12.7. The van der Waals surface area contributed by atoms with Crippen LogP contribution in [-0.4, -0.2) is 27.3 Å². The Morgan fingerprint density at radius 2 is 2.23 bits per heavy atom. The van der Waals surface area contributed by atoms with E-state index in [2.05, 4.69) is 9.97 Å². The van der Waals surface area contributed by atoms with Crippen molar-refractivity contribution in [2.75, 3.05) is 6.54 Å². The Labute approximate surface area is 150 Å². The molecule has 0 bridgehead atoms. The molecule has 1 amide bonds. The maximum Gasteiger partial charge on any atom is 0.259 e. The Morgan fingerprint density at radius 1 is 1.35 bits per heavy atom. The van der Waals surface area contributed by atoms with Crippen LogP contribution in [0.15, 0.2) is 46.0 Å². The van der Waals surface area contributed by atoms with Gasteiger partial charge in [0.2, 0.25) is 5.43 Å². The summed E-state index contributed by atoms with van der Waals surface area (Å²) in [6.45, 7) is 2.66. The van der Waals surface area contributed by atoms with Crippen LogP contribution in [0.25, 0.3) is 10.9 Å². The number of H-pyrrole nitrogens is 1. The number of furan rings is 1. The number of aromatic nitrogens is 2. The zero-order valence-corrected chi connectivity index (χ0v) is 14.7. The van der Waals surface area contributed by atoms with Crippen LogP contribution in [0.3, 0.4) is 0 Å². The molecule has 1 aliphatic heterocycles. The van der Waals surface area contributed by atoms with Gasteiger partial charge in [0.15, 0.2) is 0 Å². The molecule has 6 heteroatoms. The molecule has 0 radical (unpaired) electrons. The fourth-order valence-corrected chi connectivity index (χ4v) is 3.61. The number of carbonyl (C=O) groups excluding carboxylic acids is 1. The molecule has 0 aromatic carbocycles. The summed E-state index contributed by atoms with van der Waals surface area (Å²) in [5.74, 6) is 1.46. The Balaban J connectivity index is 1.71. The van der Waals surface area contributed by atoms with Crippen LogP contribution in [0.4, 0.5) is 0 Å². The van der Waals surface area contributed by atoms with E-state index in [4.69, 9.17) is 4.42 Å². The minimum Gasteiger partial charge on any atom is -0.464 e. The second kappa shape index (κ2) is 6.78. The summed E-state index contributed by atoms with van der Waals surface area (Å²) in [5.41, 5.74) is 0.546. The van der Waals surface area contributed by atoms with Gasteiger partial charge < -0.3 is 14.3 Å². The summed E-state index contributed by atoms with van der Waals surface area (Å²) in [6.07, 6.45) is 8.25. The SMILES string of the molecule is CCc1ccc(C2CCCCN2C(=O)c2c[nH]c3ccncc3c2=O)o1. The van der Waals surface area contributed by atoms with E-state index in [1.54, 1.807) is 17.2 Å². The Morgan fingerprint density at radius 3 is 3.04 bits per heavy atom. The molecule has 1 N–H and O–H groups in total. The highest BCUT2D eigenvalue weighted by molar-refractivity contribution is 5.97. The van der Waals surface area contributed by atoms with Crippen molar-refractivity contribution in [3.63, 3.8) is 0 Å². The maximum absolute atomic E-state index is 13.2. The first kappa shape index (κ1) is 16.6. The predicted octanol–water partition coefficient (Wildman–Crippen LogP) is 3.45. The molecule has 1 aliphatic rings. The molecule has 0 saturated carbocycles. The van der Waals surface area contributed by atoms with Gasteiger partial charge in [-0.3, -0.25) is 14.6 Å². The molecule has 1 atom stereocenters. The van der Waals surface area contributed by atoms with Crippen LogP contribution < -0.4 is 5.43 Å². The van der Waals surface area contributed by atoms with E-state index in [-0.39, 0.29) is 22.9 Å². The highest BCUT2D eigenvalue weighted by atomic mass is 16.3. The molecule has 4 heterocycles. The van der Waals surface area contributed by atoms with Crippen molar-refractivity contribution in [1.29, 1.82) is 0 Å². The van der Waals surface area contributed by atoms with Crippen molar-refractivity contribution >= 4 is 16.8 Å². The fourth-order valence-electron chi connectivity index (χ4n) is 3.61. The lowest BCUT2D eigenvalue weighted by Crippen LogP contribution is -2.40. The number of hydrogen-bond acceptors (Lipinski definition) is 4. The summed E-state index contributed by atoms with van der Waals surface area (Å²) < 4.78 is 5.90. The van der Waals surface area contributed by atoms with Crippen molar-refractivity contribution < 1.29 is 9.21 Å². The number of pyridine rings is 2. The van der Waals surface area contributed by atoms with Gasteiger partial charge in [-0.2, -0.15) is 0 Å². The van der Waals surface area contributed by atoms with E-state index in [0.717, 1.165) is 37.2 Å². The summed E-state index contributed by atoms with van der Waals surface area (Å²) >= 11 is 0. The summed E-state index contributed by atoms with van der Waals surface area (Å²) in [6, 6.07) is 5.51. The zero-order valence-electron chi connectivity index (χ0n) is 14.7. The highest BCUT2D eigenvalue weighted by Gasteiger charge is 2.32. The van der Waals surface area contributed by atoms with Gasteiger partial charge in [0.1, 0.15) is 17.1 Å². The summed E-state index contributed by atoms with van der Waals surface area (Å²) in [7, 11) is 0. The average molecular weight is 351 g/mol. The minimum absolute atomic E-state index is 0.124. The number of aromatic amines is 1. The van der Waals surface area contributed by atoms with Crippen LogP contribution >= 0.6 is 0 Å². The molecule has 0 spiro atoms. The van der Waals surface area contributed by atoms with E-state index in [1.165, 1.54) is 12.4 Å². The number of amides is 1. The van der Waals surface area contributed by atoms with Gasteiger partial charge >= 0.3 is 0 Å². The summed E-state index contributed by atoms with van der Waals surface area (Å²) in [4.78, 5) is 34.8. The van der Waals surface area contributed by atoms with Gasteiger partial charge in [-0.05, 0) is 37.5 Å². The molecule has 134 valence electrons. The standard InChI is InChI=1S/C20H21N3O3/c1-2-13-6-7-18(26-13)17-5-3-4-10-23(17)20(25)15-12-22-16-8-9-21-11-14(16)19(15)24/h6-9,11-12,17H,2-5,10H2,1H3,(H,22,24). The van der Waals surface area contributed by atoms with Gasteiger partial charge in [-0.15, -0.1) is 0 Å². The monoisotopic (exact) mass is 351 g/mol. The quantitative estimate of drug-likeness (QED) is 0.784. The maximum atomic E-state index is 13.2. The number of fused-ring (bicyclic) bond motifs is 1. The van der Waals surface area contributed by atoms with Crippen LogP contribution in [-0.2, 0) is 6.42 Å². The van der Waals surface area contributed by atoms with Crippen molar-refractivity contribution in [1.82, 2.24) is 14.9 Å². The number of rotatable bonds is 3. The number of carbonyl (C=O) groups is 1. The second-order valence-electron chi connectivity index (χ2n) is 6.62.